The van der Waals surface area contributed by atoms with E-state index in [4.69, 9.17) is 15.9 Å². The summed E-state index contributed by atoms with van der Waals surface area (Å²) in [4.78, 5) is 12.2. The number of hydrogen-bond donors (Lipinski definition) is 1. The summed E-state index contributed by atoms with van der Waals surface area (Å²) in [7, 11) is 3.59. The van der Waals surface area contributed by atoms with Crippen molar-refractivity contribution in [3.8, 4) is 35.2 Å². The van der Waals surface area contributed by atoms with E-state index in [9.17, 15) is 4.79 Å². The number of ether oxygens (including phenoxy) is 2. The van der Waals surface area contributed by atoms with Crippen molar-refractivity contribution in [3.63, 3.8) is 0 Å². The molecule has 1 unspecified atom stereocenters. The van der Waals surface area contributed by atoms with Gasteiger partial charge >= 0.3 is 0 Å². The fourth-order valence-corrected chi connectivity index (χ4v) is 5.25. The lowest BCUT2D eigenvalue weighted by Gasteiger charge is -2.11. The third-order valence-electron chi connectivity index (χ3n) is 5.55. The number of halogens is 1. The molecule has 0 aliphatic rings. The topological polar surface area (TPSA) is 101 Å². The van der Waals surface area contributed by atoms with Gasteiger partial charge in [0.15, 0.2) is 6.61 Å². The van der Waals surface area contributed by atoms with Gasteiger partial charge in [0.05, 0.1) is 35.9 Å². The smallest absolute Gasteiger partial charge is 0.258 e. The lowest BCUT2D eigenvalue weighted by atomic mass is 10.1. The van der Waals surface area contributed by atoms with Crippen LogP contribution in [0.25, 0.3) is 22.0 Å². The van der Waals surface area contributed by atoms with E-state index < -0.39 is 0 Å². The normalized spacial score (nSPS) is 11.3. The van der Waals surface area contributed by atoms with Crippen LogP contribution in [-0.2, 0) is 18.9 Å². The standard InChI is InChI=1S/C23H25IN7O3P/c1-6-19-17-11-16(7-8-20(17)31(28-19)35-24)18-12-26-29(4)23(18)33-10-9-25-21(32)13-34-22-14(2)15(3)27-30(22)5/h1,7-8,11-12,35H,9-10,13H2,2-5H3,(H,25,32). The van der Waals surface area contributed by atoms with Crippen LogP contribution in [0.1, 0.15) is 17.0 Å². The molecule has 1 amide bonds. The molecule has 4 rings (SSSR count). The number of terminal acetylenes is 1. The number of nitrogens with one attached hydrogen (secondary N) is 1. The number of rotatable bonds is 9. The molecule has 0 fully saturated rings. The fourth-order valence-electron chi connectivity index (χ4n) is 3.72. The minimum absolute atomic E-state index is 0.0974. The second-order valence-corrected chi connectivity index (χ2v) is 9.87. The quantitative estimate of drug-likeness (QED) is 0.136. The summed E-state index contributed by atoms with van der Waals surface area (Å²) in [5.74, 6) is 3.61. The first-order valence-electron chi connectivity index (χ1n) is 10.7. The highest BCUT2D eigenvalue weighted by molar-refractivity contribution is 14.2. The van der Waals surface area contributed by atoms with E-state index in [1.807, 2.05) is 43.5 Å². The Labute approximate surface area is 217 Å². The highest BCUT2D eigenvalue weighted by Gasteiger charge is 2.16. The zero-order chi connectivity index (χ0) is 25.1. The number of carbonyl (C=O) groups excluding carboxylic acids is 1. The molecule has 0 saturated carbocycles. The molecule has 0 aliphatic carbocycles. The lowest BCUT2D eigenvalue weighted by Crippen LogP contribution is -2.32. The molecule has 0 aliphatic heterocycles. The van der Waals surface area contributed by atoms with E-state index in [0.29, 0.717) is 30.4 Å². The zero-order valence-electron chi connectivity index (χ0n) is 19.8. The predicted molar refractivity (Wildman–Crippen MR) is 144 cm³/mol. The maximum Gasteiger partial charge on any atom is 0.258 e. The van der Waals surface area contributed by atoms with Gasteiger partial charge in [0.25, 0.3) is 5.91 Å². The maximum absolute atomic E-state index is 12.2. The Morgan fingerprint density at radius 1 is 1.20 bits per heavy atom. The molecule has 0 saturated heterocycles. The number of aromatic nitrogens is 6. The van der Waals surface area contributed by atoms with Crippen molar-refractivity contribution in [1.29, 1.82) is 0 Å². The molecule has 4 aromatic rings. The van der Waals surface area contributed by atoms with Gasteiger partial charge in [0, 0.05) is 25.0 Å². The Kier molecular flexibility index (Phi) is 7.62. The van der Waals surface area contributed by atoms with Crippen molar-refractivity contribution in [1.82, 2.24) is 34.4 Å². The summed E-state index contributed by atoms with van der Waals surface area (Å²) in [6.07, 6.45) is 7.87. The number of carbonyl (C=O) groups is 1. The van der Waals surface area contributed by atoms with Crippen LogP contribution in [0.5, 0.6) is 11.8 Å². The highest BCUT2D eigenvalue weighted by atomic mass is 127. The van der Waals surface area contributed by atoms with Crippen LogP contribution in [0.15, 0.2) is 24.4 Å². The minimum Gasteiger partial charge on any atom is -0.476 e. The van der Waals surface area contributed by atoms with Crippen molar-refractivity contribution in [3.05, 3.63) is 41.3 Å². The fraction of sp³-hybridized carbons (Fsp3) is 0.304. The molecule has 3 aromatic heterocycles. The van der Waals surface area contributed by atoms with Crippen LogP contribution in [-0.4, -0.2) is 54.8 Å². The van der Waals surface area contributed by atoms with Crippen LogP contribution in [0.2, 0.25) is 0 Å². The Morgan fingerprint density at radius 3 is 2.69 bits per heavy atom. The first-order chi connectivity index (χ1) is 16.8. The average molecular weight is 605 g/mol. The number of hydrogen-bond acceptors (Lipinski definition) is 6. The van der Waals surface area contributed by atoms with Crippen LogP contribution < -0.4 is 14.8 Å². The maximum atomic E-state index is 12.2. The lowest BCUT2D eigenvalue weighted by molar-refractivity contribution is -0.123. The van der Waals surface area contributed by atoms with E-state index in [1.165, 1.54) is 0 Å². The Hall–Kier alpha value is -3.10. The Bertz CT molecular complexity index is 1430. The molecule has 0 radical (unpaired) electrons. The molecule has 35 heavy (non-hydrogen) atoms. The summed E-state index contributed by atoms with van der Waals surface area (Å²) in [5.41, 5.74) is 5.14. The average Bonchev–Trinajstić information content (AvgIpc) is 3.47. The number of benzene rings is 1. The van der Waals surface area contributed by atoms with Gasteiger partial charge in [-0.1, -0.05) is 6.07 Å². The molecule has 1 atom stereocenters. The number of amides is 1. The Balaban J connectivity index is 1.38. The van der Waals surface area contributed by atoms with E-state index in [1.54, 1.807) is 22.6 Å². The number of nitrogens with zero attached hydrogens (tertiary/aromatic N) is 6. The van der Waals surface area contributed by atoms with Crippen molar-refractivity contribution in [2.24, 2.45) is 14.1 Å². The molecule has 12 heteroatoms. The molecule has 1 N–H and O–H groups in total. The molecular weight excluding hydrogens is 580 g/mol. The summed E-state index contributed by atoms with van der Waals surface area (Å²) >= 11 is 2.28. The minimum atomic E-state index is -0.239. The molecule has 0 bridgehead atoms. The van der Waals surface area contributed by atoms with Crippen molar-refractivity contribution >= 4 is 45.2 Å². The first kappa shape index (κ1) is 25.0. The van der Waals surface area contributed by atoms with Crippen molar-refractivity contribution in [2.75, 3.05) is 19.8 Å². The third-order valence-corrected chi connectivity index (χ3v) is 7.42. The third kappa shape index (κ3) is 5.13. The molecule has 182 valence electrons. The van der Waals surface area contributed by atoms with Gasteiger partial charge in [0.2, 0.25) is 11.8 Å². The molecule has 3 heterocycles. The van der Waals surface area contributed by atoms with E-state index in [0.717, 1.165) is 33.3 Å². The Morgan fingerprint density at radius 2 is 2.00 bits per heavy atom. The van der Waals surface area contributed by atoms with Gasteiger partial charge in [0.1, 0.15) is 12.3 Å². The summed E-state index contributed by atoms with van der Waals surface area (Å²) < 4.78 is 16.8. The second-order valence-electron chi connectivity index (χ2n) is 7.83. The van der Waals surface area contributed by atoms with Gasteiger partial charge < -0.3 is 14.8 Å². The second kappa shape index (κ2) is 10.7. The van der Waals surface area contributed by atoms with Gasteiger partial charge in [-0.05, 0) is 59.5 Å². The molecular formula is C23H25IN7O3P. The van der Waals surface area contributed by atoms with Gasteiger partial charge in [-0.25, -0.2) is 13.8 Å². The van der Waals surface area contributed by atoms with Crippen molar-refractivity contribution in [2.45, 2.75) is 13.8 Å². The number of aryl methyl sites for hydroxylation is 3. The zero-order valence-corrected chi connectivity index (χ0v) is 23.0. The monoisotopic (exact) mass is 605 g/mol. The molecule has 0 spiro atoms. The SMILES string of the molecule is C#Cc1nn(PI)c2ccc(-c3cnn(C)c3OCCNC(=O)COc3c(C)c(C)nn3C)cc12. The largest absolute Gasteiger partial charge is 0.476 e. The van der Waals surface area contributed by atoms with Crippen LogP contribution in [0.4, 0.5) is 0 Å². The van der Waals surface area contributed by atoms with Crippen molar-refractivity contribution < 1.29 is 14.3 Å². The van der Waals surface area contributed by atoms with E-state index in [-0.39, 0.29) is 19.1 Å². The molecule has 10 nitrogen and oxygen atoms in total. The van der Waals surface area contributed by atoms with Gasteiger partial charge in [-0.15, -0.1) is 6.42 Å². The van der Waals surface area contributed by atoms with Crippen LogP contribution >= 0.6 is 28.4 Å². The van der Waals surface area contributed by atoms with E-state index >= 15 is 0 Å². The predicted octanol–water partition coefficient (Wildman–Crippen LogP) is 3.13. The van der Waals surface area contributed by atoms with Crippen LogP contribution in [0, 0.1) is 26.2 Å². The van der Waals surface area contributed by atoms with Gasteiger partial charge in [-0.2, -0.15) is 15.3 Å². The first-order valence-corrected chi connectivity index (χ1v) is 14.8. The summed E-state index contributed by atoms with van der Waals surface area (Å²) in [6.45, 7) is 4.31. The van der Waals surface area contributed by atoms with E-state index in [2.05, 4.69) is 48.6 Å². The molecule has 1 aromatic carbocycles. The summed E-state index contributed by atoms with van der Waals surface area (Å²) in [6, 6.07) is 6.02. The number of fused-ring (bicyclic) bond motifs is 1. The summed E-state index contributed by atoms with van der Waals surface area (Å²) in [5, 5.41) is 16.8. The highest BCUT2D eigenvalue weighted by Crippen LogP contribution is 2.35. The van der Waals surface area contributed by atoms with Gasteiger partial charge in [-0.3, -0.25) is 4.79 Å². The van der Waals surface area contributed by atoms with Crippen LogP contribution in [0.3, 0.4) is 0 Å².